The van der Waals surface area contributed by atoms with E-state index in [0.29, 0.717) is 5.92 Å². The van der Waals surface area contributed by atoms with Gasteiger partial charge in [0.25, 0.3) is 0 Å². The fraction of sp³-hybridized carbons (Fsp3) is 0.636. The Labute approximate surface area is 90.5 Å². The highest BCUT2D eigenvalue weighted by Crippen LogP contribution is 2.14. The topological polar surface area (TPSA) is 38.0 Å². The van der Waals surface area contributed by atoms with Crippen LogP contribution < -0.4 is 11.1 Å². The Morgan fingerprint density at radius 3 is 2.93 bits per heavy atom. The van der Waals surface area contributed by atoms with E-state index in [0.717, 1.165) is 19.6 Å². The first-order valence-electron chi connectivity index (χ1n) is 5.17. The van der Waals surface area contributed by atoms with Gasteiger partial charge in [-0.1, -0.05) is 6.92 Å². The van der Waals surface area contributed by atoms with Crippen molar-refractivity contribution in [3.63, 3.8) is 0 Å². The van der Waals surface area contributed by atoms with Gasteiger partial charge in [0.15, 0.2) is 0 Å². The highest BCUT2D eigenvalue weighted by Gasteiger charge is 2.00. The lowest BCUT2D eigenvalue weighted by Gasteiger charge is -2.08. The third kappa shape index (κ3) is 3.78. The molecule has 80 valence electrons. The summed E-state index contributed by atoms with van der Waals surface area (Å²) in [5, 5.41) is 5.60. The summed E-state index contributed by atoms with van der Waals surface area (Å²) < 4.78 is 0. The minimum Gasteiger partial charge on any atom is -0.330 e. The quantitative estimate of drug-likeness (QED) is 0.709. The maximum absolute atomic E-state index is 5.55. The summed E-state index contributed by atoms with van der Waals surface area (Å²) in [5.41, 5.74) is 6.94. The fourth-order valence-corrected chi connectivity index (χ4v) is 2.13. The molecule has 0 spiro atoms. The van der Waals surface area contributed by atoms with Crippen molar-refractivity contribution in [2.24, 2.45) is 11.7 Å². The van der Waals surface area contributed by atoms with Crippen molar-refractivity contribution < 1.29 is 0 Å². The molecule has 0 saturated heterocycles. The van der Waals surface area contributed by atoms with E-state index >= 15 is 0 Å². The van der Waals surface area contributed by atoms with Crippen molar-refractivity contribution >= 4 is 11.3 Å². The largest absolute Gasteiger partial charge is 0.330 e. The Kier molecular flexibility index (Phi) is 5.15. The molecule has 1 heterocycles. The zero-order valence-electron chi connectivity index (χ0n) is 9.05. The molecule has 1 unspecified atom stereocenters. The highest BCUT2D eigenvalue weighted by molar-refractivity contribution is 7.10. The first-order chi connectivity index (χ1) is 6.74. The van der Waals surface area contributed by atoms with Crippen LogP contribution in [0.5, 0.6) is 0 Å². The van der Waals surface area contributed by atoms with Crippen molar-refractivity contribution in [2.75, 3.05) is 13.1 Å². The molecule has 0 aliphatic carbocycles. The number of aryl methyl sites for hydroxylation is 1. The zero-order valence-corrected chi connectivity index (χ0v) is 9.86. The van der Waals surface area contributed by atoms with Gasteiger partial charge in [-0.3, -0.25) is 0 Å². The van der Waals surface area contributed by atoms with Crippen LogP contribution >= 0.6 is 11.3 Å². The molecule has 2 nitrogen and oxygen atoms in total. The van der Waals surface area contributed by atoms with Crippen molar-refractivity contribution in [3.05, 3.63) is 21.9 Å². The van der Waals surface area contributed by atoms with Crippen LogP contribution in [0.3, 0.4) is 0 Å². The van der Waals surface area contributed by atoms with E-state index in [2.05, 4.69) is 30.6 Å². The molecule has 1 rings (SSSR count). The first-order valence-corrected chi connectivity index (χ1v) is 6.05. The van der Waals surface area contributed by atoms with Crippen molar-refractivity contribution in [1.82, 2.24) is 5.32 Å². The Hall–Kier alpha value is -0.380. The minimum atomic E-state index is 0.631. The van der Waals surface area contributed by atoms with Crippen LogP contribution in [-0.4, -0.2) is 13.1 Å². The summed E-state index contributed by atoms with van der Waals surface area (Å²) >= 11 is 1.83. The predicted molar refractivity (Wildman–Crippen MR) is 63.6 cm³/mol. The normalized spacial score (nSPS) is 13.1. The minimum absolute atomic E-state index is 0.631. The molecule has 0 radical (unpaired) electrons. The number of hydrogen-bond acceptors (Lipinski definition) is 3. The second-order valence-electron chi connectivity index (χ2n) is 3.83. The molecule has 0 aliphatic rings. The third-order valence-corrected chi connectivity index (χ3v) is 3.49. The Morgan fingerprint density at radius 2 is 2.36 bits per heavy atom. The van der Waals surface area contributed by atoms with Gasteiger partial charge in [0.05, 0.1) is 0 Å². The maximum Gasteiger partial charge on any atom is 0.0302 e. The van der Waals surface area contributed by atoms with Crippen LogP contribution in [0.1, 0.15) is 23.8 Å². The third-order valence-electron chi connectivity index (χ3n) is 2.47. The summed E-state index contributed by atoms with van der Waals surface area (Å²) in [6, 6.07) is 2.17. The van der Waals surface area contributed by atoms with Gasteiger partial charge in [-0.2, -0.15) is 0 Å². The zero-order chi connectivity index (χ0) is 10.4. The average molecular weight is 212 g/mol. The van der Waals surface area contributed by atoms with E-state index in [1.54, 1.807) is 0 Å². The molecule has 0 amide bonds. The predicted octanol–water partition coefficient (Wildman–Crippen LogP) is 2.13. The average Bonchev–Trinajstić information content (AvgIpc) is 2.58. The van der Waals surface area contributed by atoms with Gasteiger partial charge in [-0.25, -0.2) is 0 Å². The van der Waals surface area contributed by atoms with Crippen molar-refractivity contribution in [1.29, 1.82) is 0 Å². The van der Waals surface area contributed by atoms with E-state index in [9.17, 15) is 0 Å². The number of rotatable bonds is 6. The molecular weight excluding hydrogens is 192 g/mol. The molecule has 1 aromatic heterocycles. The van der Waals surface area contributed by atoms with Gasteiger partial charge >= 0.3 is 0 Å². The first kappa shape index (κ1) is 11.7. The summed E-state index contributed by atoms with van der Waals surface area (Å²) in [5.74, 6) is 0.631. The molecule has 0 saturated carbocycles. The summed E-state index contributed by atoms with van der Waals surface area (Å²) in [6.07, 6.45) is 1.17. The van der Waals surface area contributed by atoms with E-state index in [-0.39, 0.29) is 0 Å². The van der Waals surface area contributed by atoms with E-state index in [1.165, 1.54) is 16.9 Å². The maximum atomic E-state index is 5.55. The van der Waals surface area contributed by atoms with Crippen molar-refractivity contribution in [3.8, 4) is 0 Å². The van der Waals surface area contributed by atoms with Crippen LogP contribution in [0.15, 0.2) is 11.4 Å². The summed E-state index contributed by atoms with van der Waals surface area (Å²) in [6.45, 7) is 7.21. The molecule has 0 aliphatic heterocycles. The number of thiophene rings is 1. The highest BCUT2D eigenvalue weighted by atomic mass is 32.1. The monoisotopic (exact) mass is 212 g/mol. The van der Waals surface area contributed by atoms with E-state index < -0.39 is 0 Å². The van der Waals surface area contributed by atoms with Crippen LogP contribution in [0, 0.1) is 12.8 Å². The lowest BCUT2D eigenvalue weighted by molar-refractivity contribution is 0.510. The van der Waals surface area contributed by atoms with E-state index in [4.69, 9.17) is 5.73 Å². The van der Waals surface area contributed by atoms with E-state index in [1.807, 2.05) is 11.3 Å². The second kappa shape index (κ2) is 6.17. The number of hydrogen-bond donors (Lipinski definition) is 2. The summed E-state index contributed by atoms with van der Waals surface area (Å²) in [7, 11) is 0. The van der Waals surface area contributed by atoms with Crippen LogP contribution in [0.4, 0.5) is 0 Å². The molecule has 1 aromatic rings. The molecular formula is C11H20N2S. The SMILES string of the molecule is Cc1ccsc1CNCCC(C)CN. The van der Waals surface area contributed by atoms with Crippen LogP contribution in [-0.2, 0) is 6.54 Å². The molecule has 0 bridgehead atoms. The standard InChI is InChI=1S/C11H20N2S/c1-9(7-12)3-5-13-8-11-10(2)4-6-14-11/h4,6,9,13H,3,5,7-8,12H2,1-2H3. The van der Waals surface area contributed by atoms with Gasteiger partial charge in [0, 0.05) is 11.4 Å². The summed E-state index contributed by atoms with van der Waals surface area (Å²) in [4.78, 5) is 1.45. The Balaban J connectivity index is 2.13. The molecule has 1 atom stereocenters. The molecule has 0 fully saturated rings. The number of nitrogens with two attached hydrogens (primary N) is 1. The molecule has 3 N–H and O–H groups in total. The Morgan fingerprint density at radius 1 is 1.57 bits per heavy atom. The van der Waals surface area contributed by atoms with Gasteiger partial charge in [0.2, 0.25) is 0 Å². The van der Waals surface area contributed by atoms with Crippen LogP contribution in [0.25, 0.3) is 0 Å². The fourth-order valence-electron chi connectivity index (χ4n) is 1.25. The van der Waals surface area contributed by atoms with Crippen molar-refractivity contribution in [2.45, 2.75) is 26.8 Å². The lowest BCUT2D eigenvalue weighted by atomic mass is 10.1. The molecule has 14 heavy (non-hydrogen) atoms. The van der Waals surface area contributed by atoms with Crippen LogP contribution in [0.2, 0.25) is 0 Å². The Bertz CT molecular complexity index is 258. The molecule has 0 aromatic carbocycles. The van der Waals surface area contributed by atoms with Gasteiger partial charge in [-0.15, -0.1) is 11.3 Å². The lowest BCUT2D eigenvalue weighted by Crippen LogP contribution is -2.20. The van der Waals surface area contributed by atoms with Gasteiger partial charge in [0.1, 0.15) is 0 Å². The molecule has 3 heteroatoms. The van der Waals surface area contributed by atoms with Gasteiger partial charge in [-0.05, 0) is 49.4 Å². The smallest absolute Gasteiger partial charge is 0.0302 e. The number of nitrogens with one attached hydrogen (secondary N) is 1. The second-order valence-corrected chi connectivity index (χ2v) is 4.83. The van der Waals surface area contributed by atoms with Gasteiger partial charge < -0.3 is 11.1 Å².